The lowest BCUT2D eigenvalue weighted by molar-refractivity contribution is -0.133. The predicted molar refractivity (Wildman–Crippen MR) is 145 cm³/mol. The van der Waals surface area contributed by atoms with Gasteiger partial charge in [0, 0.05) is 56.4 Å². The number of piperazine rings is 1. The normalized spacial score (nSPS) is 17.0. The van der Waals surface area contributed by atoms with Crippen molar-refractivity contribution in [3.63, 3.8) is 0 Å². The number of hydrogen-bond donors (Lipinski definition) is 0. The first-order valence-corrected chi connectivity index (χ1v) is 13.7. The SMILES string of the molecule is O=C(CN1CCN(c2nc(-c3ccccn3)nc3scc(-c4ccccc4)c23)CC1)N1CCCCC1. The number of amides is 1. The van der Waals surface area contributed by atoms with Crippen molar-refractivity contribution in [3.8, 4) is 22.6 Å². The van der Waals surface area contributed by atoms with Crippen LogP contribution in [-0.4, -0.2) is 76.5 Å². The zero-order valence-electron chi connectivity index (χ0n) is 20.3. The topological polar surface area (TPSA) is 65.5 Å². The number of fused-ring (bicyclic) bond motifs is 1. The number of nitrogens with zero attached hydrogens (tertiary/aromatic N) is 6. The van der Waals surface area contributed by atoms with Crippen molar-refractivity contribution >= 4 is 33.3 Å². The van der Waals surface area contributed by atoms with Crippen molar-refractivity contribution in [2.24, 2.45) is 0 Å². The Labute approximate surface area is 215 Å². The molecule has 1 amide bonds. The molecule has 2 aliphatic rings. The number of carbonyl (C=O) groups excluding carboxylic acids is 1. The monoisotopic (exact) mass is 498 g/mol. The van der Waals surface area contributed by atoms with E-state index in [0.717, 1.165) is 73.8 Å². The Morgan fingerprint density at radius 2 is 1.64 bits per heavy atom. The van der Waals surface area contributed by atoms with Crippen LogP contribution in [0.5, 0.6) is 0 Å². The van der Waals surface area contributed by atoms with Crippen LogP contribution in [0.2, 0.25) is 0 Å². The van der Waals surface area contributed by atoms with E-state index in [0.29, 0.717) is 12.4 Å². The third kappa shape index (κ3) is 4.70. The van der Waals surface area contributed by atoms with Gasteiger partial charge in [-0.1, -0.05) is 36.4 Å². The summed E-state index contributed by atoms with van der Waals surface area (Å²) in [5, 5.41) is 3.29. The van der Waals surface area contributed by atoms with E-state index in [9.17, 15) is 4.79 Å². The third-order valence-electron chi connectivity index (χ3n) is 7.13. The van der Waals surface area contributed by atoms with Crippen molar-refractivity contribution in [3.05, 3.63) is 60.1 Å². The van der Waals surface area contributed by atoms with Gasteiger partial charge in [0.2, 0.25) is 5.91 Å². The lowest BCUT2D eigenvalue weighted by Gasteiger charge is -2.37. The van der Waals surface area contributed by atoms with E-state index in [1.165, 1.54) is 17.5 Å². The smallest absolute Gasteiger partial charge is 0.236 e. The molecule has 4 aromatic rings. The molecule has 6 rings (SSSR count). The summed E-state index contributed by atoms with van der Waals surface area (Å²) in [7, 11) is 0. The molecule has 1 aromatic carbocycles. The number of rotatable bonds is 5. The van der Waals surface area contributed by atoms with Crippen LogP contribution in [0.3, 0.4) is 0 Å². The van der Waals surface area contributed by atoms with Gasteiger partial charge in [-0.15, -0.1) is 11.3 Å². The van der Waals surface area contributed by atoms with Gasteiger partial charge < -0.3 is 9.80 Å². The molecule has 2 saturated heterocycles. The highest BCUT2D eigenvalue weighted by molar-refractivity contribution is 7.17. The average molecular weight is 499 g/mol. The number of likely N-dealkylation sites (tertiary alicyclic amines) is 1. The van der Waals surface area contributed by atoms with Gasteiger partial charge in [0.15, 0.2) is 5.82 Å². The van der Waals surface area contributed by atoms with Crippen LogP contribution in [0.15, 0.2) is 60.1 Å². The average Bonchev–Trinajstić information content (AvgIpc) is 3.39. The minimum atomic E-state index is 0.272. The molecule has 7 nitrogen and oxygen atoms in total. The second kappa shape index (κ2) is 10.3. The quantitative estimate of drug-likeness (QED) is 0.402. The molecule has 2 fully saturated rings. The second-order valence-corrected chi connectivity index (χ2v) is 10.3. The van der Waals surface area contributed by atoms with Gasteiger partial charge in [0.1, 0.15) is 16.3 Å². The molecular formula is C28H30N6OS. The first-order chi connectivity index (χ1) is 17.8. The number of pyridine rings is 1. The van der Waals surface area contributed by atoms with Crippen LogP contribution in [0.4, 0.5) is 5.82 Å². The fourth-order valence-corrected chi connectivity index (χ4v) is 6.09. The zero-order chi connectivity index (χ0) is 24.3. The van der Waals surface area contributed by atoms with Crippen molar-refractivity contribution < 1.29 is 4.79 Å². The van der Waals surface area contributed by atoms with Gasteiger partial charge in [0.05, 0.1) is 11.9 Å². The fraction of sp³-hybridized carbons (Fsp3) is 0.357. The van der Waals surface area contributed by atoms with E-state index in [-0.39, 0.29) is 5.91 Å². The summed E-state index contributed by atoms with van der Waals surface area (Å²) in [6.45, 7) is 5.67. The first-order valence-electron chi connectivity index (χ1n) is 12.8. The molecule has 0 atom stereocenters. The van der Waals surface area contributed by atoms with Crippen LogP contribution in [-0.2, 0) is 4.79 Å². The highest BCUT2D eigenvalue weighted by atomic mass is 32.1. The number of hydrogen-bond acceptors (Lipinski definition) is 7. The Balaban J connectivity index is 1.29. The molecule has 0 saturated carbocycles. The number of aromatic nitrogens is 3. The van der Waals surface area contributed by atoms with Gasteiger partial charge >= 0.3 is 0 Å². The van der Waals surface area contributed by atoms with Crippen LogP contribution in [0.25, 0.3) is 32.9 Å². The maximum absolute atomic E-state index is 12.8. The zero-order valence-corrected chi connectivity index (χ0v) is 21.2. The van der Waals surface area contributed by atoms with Gasteiger partial charge in [-0.3, -0.25) is 14.7 Å². The second-order valence-electron chi connectivity index (χ2n) is 9.49. The number of anilines is 1. The standard InChI is InChI=1S/C28H30N6OS/c35-24(33-13-7-2-8-14-33)19-32-15-17-34(18-16-32)27-25-22(21-9-3-1-4-10-21)20-36-28(25)31-26(30-27)23-11-5-6-12-29-23/h1,3-6,9-12,20H,2,7-8,13-19H2. The predicted octanol–water partition coefficient (Wildman–Crippen LogP) is 4.55. The van der Waals surface area contributed by atoms with Gasteiger partial charge in [-0.05, 0) is 37.0 Å². The summed E-state index contributed by atoms with van der Waals surface area (Å²) in [6, 6.07) is 16.3. The Hall–Kier alpha value is -3.36. The highest BCUT2D eigenvalue weighted by Gasteiger charge is 2.26. The van der Waals surface area contributed by atoms with Crippen LogP contribution in [0.1, 0.15) is 19.3 Å². The summed E-state index contributed by atoms with van der Waals surface area (Å²) >= 11 is 1.65. The molecule has 0 aliphatic carbocycles. The molecule has 8 heteroatoms. The molecule has 0 spiro atoms. The number of benzene rings is 1. The molecule has 184 valence electrons. The van der Waals surface area contributed by atoms with E-state index >= 15 is 0 Å². The molecule has 0 bridgehead atoms. The number of carbonyl (C=O) groups is 1. The maximum Gasteiger partial charge on any atom is 0.236 e. The van der Waals surface area contributed by atoms with Gasteiger partial charge in [-0.2, -0.15) is 0 Å². The molecule has 0 unspecified atom stereocenters. The van der Waals surface area contributed by atoms with Gasteiger partial charge in [0.25, 0.3) is 0 Å². The first kappa shape index (κ1) is 23.1. The van der Waals surface area contributed by atoms with Crippen LogP contribution in [0, 0.1) is 0 Å². The number of thiophene rings is 1. The molecule has 36 heavy (non-hydrogen) atoms. The Morgan fingerprint density at radius 1 is 0.861 bits per heavy atom. The maximum atomic E-state index is 12.8. The Kier molecular flexibility index (Phi) is 6.61. The van der Waals surface area contributed by atoms with E-state index < -0.39 is 0 Å². The highest BCUT2D eigenvalue weighted by Crippen LogP contribution is 2.39. The van der Waals surface area contributed by atoms with E-state index in [1.54, 1.807) is 17.5 Å². The Morgan fingerprint density at radius 3 is 2.39 bits per heavy atom. The summed E-state index contributed by atoms with van der Waals surface area (Å²) in [5.74, 6) is 1.89. The van der Waals surface area contributed by atoms with E-state index in [1.807, 2.05) is 29.2 Å². The lowest BCUT2D eigenvalue weighted by atomic mass is 10.1. The molecule has 0 N–H and O–H groups in total. The number of piperidine rings is 1. The van der Waals surface area contributed by atoms with Crippen molar-refractivity contribution in [1.29, 1.82) is 0 Å². The van der Waals surface area contributed by atoms with Crippen molar-refractivity contribution in [2.75, 3.05) is 50.7 Å². The molecule has 3 aromatic heterocycles. The van der Waals surface area contributed by atoms with Gasteiger partial charge in [-0.25, -0.2) is 9.97 Å². The van der Waals surface area contributed by atoms with Crippen molar-refractivity contribution in [2.45, 2.75) is 19.3 Å². The largest absolute Gasteiger partial charge is 0.353 e. The summed E-state index contributed by atoms with van der Waals surface area (Å²) in [5.41, 5.74) is 3.12. The Bertz CT molecular complexity index is 1330. The van der Waals surface area contributed by atoms with Crippen LogP contribution >= 0.6 is 11.3 Å². The van der Waals surface area contributed by atoms with E-state index in [2.05, 4.69) is 44.4 Å². The molecular weight excluding hydrogens is 468 g/mol. The van der Waals surface area contributed by atoms with Crippen LogP contribution < -0.4 is 4.90 Å². The third-order valence-corrected chi connectivity index (χ3v) is 8.00. The summed E-state index contributed by atoms with van der Waals surface area (Å²) in [6.07, 6.45) is 5.28. The molecule has 2 aliphatic heterocycles. The minimum absolute atomic E-state index is 0.272. The van der Waals surface area contributed by atoms with Crippen molar-refractivity contribution in [1.82, 2.24) is 24.8 Å². The lowest BCUT2D eigenvalue weighted by Crippen LogP contribution is -2.51. The fourth-order valence-electron chi connectivity index (χ4n) is 5.14. The molecule has 5 heterocycles. The minimum Gasteiger partial charge on any atom is -0.353 e. The molecule has 0 radical (unpaired) electrons. The summed E-state index contributed by atoms with van der Waals surface area (Å²) in [4.78, 5) is 35.0. The summed E-state index contributed by atoms with van der Waals surface area (Å²) < 4.78 is 0. The van der Waals surface area contributed by atoms with E-state index in [4.69, 9.17) is 9.97 Å².